The zero-order valence-corrected chi connectivity index (χ0v) is 32.6. The first-order valence-electron chi connectivity index (χ1n) is 19.8. The molecule has 1 saturated heterocycles. The molecular formula is C44H61N3O7. The molecule has 294 valence electrons. The molecule has 0 N–H and O–H groups in total. The molecule has 1 aliphatic heterocycles. The van der Waals surface area contributed by atoms with Crippen molar-refractivity contribution in [3.63, 3.8) is 0 Å². The molecule has 3 aromatic carbocycles. The van der Waals surface area contributed by atoms with Crippen LogP contribution in [-0.4, -0.2) is 71.9 Å². The van der Waals surface area contributed by atoms with E-state index in [1.54, 1.807) is 0 Å². The molecule has 0 amide bonds. The van der Waals surface area contributed by atoms with Gasteiger partial charge in [-0.1, -0.05) is 26.8 Å². The van der Waals surface area contributed by atoms with Gasteiger partial charge in [0.25, 0.3) is 0 Å². The number of carbonyl (C=O) groups excluding carboxylic acids is 1. The van der Waals surface area contributed by atoms with E-state index in [1.165, 1.54) is 6.08 Å². The van der Waals surface area contributed by atoms with Gasteiger partial charge in [0.1, 0.15) is 17.2 Å². The molecule has 3 aromatic rings. The average molecular weight is 744 g/mol. The van der Waals surface area contributed by atoms with Crippen molar-refractivity contribution < 1.29 is 33.2 Å². The molecule has 0 aliphatic carbocycles. The van der Waals surface area contributed by atoms with Crippen LogP contribution in [0, 0.1) is 5.41 Å². The van der Waals surface area contributed by atoms with Crippen molar-refractivity contribution in [1.82, 2.24) is 0 Å². The lowest BCUT2D eigenvalue weighted by Crippen LogP contribution is -2.45. The van der Waals surface area contributed by atoms with Crippen LogP contribution in [0.15, 0.2) is 95.7 Å². The minimum Gasteiger partial charge on any atom is -0.494 e. The summed E-state index contributed by atoms with van der Waals surface area (Å²) in [4.78, 5) is 13.7. The van der Waals surface area contributed by atoms with Gasteiger partial charge in [0.05, 0.1) is 57.6 Å². The minimum atomic E-state index is -0.377. The second kappa shape index (κ2) is 24.8. The maximum absolute atomic E-state index is 11.3. The van der Waals surface area contributed by atoms with E-state index >= 15 is 0 Å². The second-order valence-electron chi connectivity index (χ2n) is 13.8. The molecule has 0 unspecified atom stereocenters. The number of hydrogen-bond acceptors (Lipinski definition) is 10. The van der Waals surface area contributed by atoms with E-state index < -0.39 is 0 Å². The summed E-state index contributed by atoms with van der Waals surface area (Å²) in [7, 11) is 0. The van der Waals surface area contributed by atoms with Crippen LogP contribution >= 0.6 is 0 Å². The number of nitrogens with zero attached hydrogens (tertiary/aromatic N) is 3. The van der Waals surface area contributed by atoms with Gasteiger partial charge in [-0.25, -0.2) is 4.79 Å². The molecule has 0 spiro atoms. The minimum absolute atomic E-state index is 0.269. The Hall–Kier alpha value is -4.41. The molecule has 0 atom stereocenters. The third kappa shape index (κ3) is 15.9. The number of azo groups is 1. The van der Waals surface area contributed by atoms with Crippen molar-refractivity contribution in [1.29, 1.82) is 0 Å². The van der Waals surface area contributed by atoms with Gasteiger partial charge >= 0.3 is 5.97 Å². The molecule has 10 nitrogen and oxygen atoms in total. The number of rotatable bonds is 29. The van der Waals surface area contributed by atoms with Crippen LogP contribution in [0.3, 0.4) is 0 Å². The Morgan fingerprint density at radius 3 is 1.78 bits per heavy atom. The summed E-state index contributed by atoms with van der Waals surface area (Å²) in [6, 6.07) is 23.7. The van der Waals surface area contributed by atoms with Gasteiger partial charge in [0, 0.05) is 36.9 Å². The number of carbonyl (C=O) groups is 1. The van der Waals surface area contributed by atoms with Crippen molar-refractivity contribution in [3.8, 4) is 17.2 Å². The first-order chi connectivity index (χ1) is 26.5. The summed E-state index contributed by atoms with van der Waals surface area (Å²) in [5.74, 6) is 2.15. The molecule has 1 fully saturated rings. The second-order valence-corrected chi connectivity index (χ2v) is 13.8. The van der Waals surface area contributed by atoms with E-state index in [1.807, 2.05) is 60.7 Å². The van der Waals surface area contributed by atoms with Crippen molar-refractivity contribution in [2.24, 2.45) is 15.6 Å². The normalized spacial score (nSPS) is 13.3. The van der Waals surface area contributed by atoms with E-state index in [2.05, 4.69) is 47.7 Å². The third-order valence-corrected chi connectivity index (χ3v) is 9.38. The number of esters is 1. The molecule has 1 aliphatic rings. The largest absolute Gasteiger partial charge is 0.494 e. The standard InChI is InChI=1S/C44H61N3O7/c1-4-29-51-40-21-17-38(18-22-40)46-45-37-15-19-39(20-16-37)47(27-10-9-13-32-54-43(48)5-2)28-14-33-53-42-25-23-41(24-26-42)52-31-12-8-7-11-30-49-34-44(6-3)35-50-36-44/h5,15-26H,2,4,6-14,27-36H2,1,3H3. The summed E-state index contributed by atoms with van der Waals surface area (Å²) in [6.45, 7) is 15.2. The molecule has 10 heteroatoms. The highest BCUT2D eigenvalue weighted by molar-refractivity contribution is 5.81. The highest BCUT2D eigenvalue weighted by atomic mass is 16.5. The lowest BCUT2D eigenvalue weighted by molar-refractivity contribution is -0.150. The first-order valence-corrected chi connectivity index (χ1v) is 19.8. The van der Waals surface area contributed by atoms with Gasteiger partial charge in [-0.15, -0.1) is 0 Å². The zero-order chi connectivity index (χ0) is 38.1. The fourth-order valence-corrected chi connectivity index (χ4v) is 5.85. The Kier molecular flexibility index (Phi) is 19.5. The van der Waals surface area contributed by atoms with Crippen LogP contribution in [0.1, 0.15) is 78.1 Å². The summed E-state index contributed by atoms with van der Waals surface area (Å²) in [5, 5.41) is 8.82. The van der Waals surface area contributed by atoms with Crippen molar-refractivity contribution >= 4 is 23.0 Å². The average Bonchev–Trinajstić information content (AvgIpc) is 3.19. The van der Waals surface area contributed by atoms with Gasteiger partial charge in [0.15, 0.2) is 0 Å². The number of unbranched alkanes of at least 4 members (excludes halogenated alkanes) is 5. The van der Waals surface area contributed by atoms with E-state index in [-0.39, 0.29) is 11.4 Å². The monoisotopic (exact) mass is 743 g/mol. The van der Waals surface area contributed by atoms with Crippen molar-refractivity contribution in [3.05, 3.63) is 85.5 Å². The van der Waals surface area contributed by atoms with Crippen LogP contribution in [0.5, 0.6) is 17.2 Å². The van der Waals surface area contributed by atoms with Crippen molar-refractivity contribution in [2.45, 2.75) is 78.1 Å². The van der Waals surface area contributed by atoms with E-state index in [9.17, 15) is 4.79 Å². The third-order valence-electron chi connectivity index (χ3n) is 9.38. The molecule has 0 bridgehead atoms. The Labute approximate surface area is 322 Å². The lowest BCUT2D eigenvalue weighted by atomic mass is 9.84. The van der Waals surface area contributed by atoms with Gasteiger partial charge in [-0.3, -0.25) is 0 Å². The van der Waals surface area contributed by atoms with E-state index in [0.29, 0.717) is 26.4 Å². The summed E-state index contributed by atoms with van der Waals surface area (Å²) in [6.07, 6.45) is 11.3. The van der Waals surface area contributed by atoms with Crippen LogP contribution in [0.4, 0.5) is 17.1 Å². The number of hydrogen-bond donors (Lipinski definition) is 0. The van der Waals surface area contributed by atoms with Crippen LogP contribution in [0.2, 0.25) is 0 Å². The highest BCUT2D eigenvalue weighted by Gasteiger charge is 2.36. The summed E-state index contributed by atoms with van der Waals surface area (Å²) in [5.41, 5.74) is 2.94. The SMILES string of the molecule is C=CC(=O)OCCCCCN(CCCOc1ccc(OCCCCCCOCC2(CC)COC2)cc1)c1ccc(N=Nc2ccc(OCCC)cc2)cc1. The van der Waals surface area contributed by atoms with Gasteiger partial charge in [-0.05, 0) is 131 Å². The number of anilines is 1. The number of ether oxygens (including phenoxy) is 6. The van der Waals surface area contributed by atoms with Crippen LogP contribution < -0.4 is 19.1 Å². The first kappa shape index (κ1) is 42.3. The quantitative estimate of drug-likeness (QED) is 0.0300. The molecule has 54 heavy (non-hydrogen) atoms. The fourth-order valence-electron chi connectivity index (χ4n) is 5.85. The summed E-state index contributed by atoms with van der Waals surface area (Å²) < 4.78 is 34.1. The van der Waals surface area contributed by atoms with Gasteiger partial charge < -0.3 is 33.3 Å². The molecule has 0 radical (unpaired) electrons. The van der Waals surface area contributed by atoms with Crippen LogP contribution in [0.25, 0.3) is 0 Å². The lowest BCUT2D eigenvalue weighted by Gasteiger charge is -2.40. The Balaban J connectivity index is 1.15. The Morgan fingerprint density at radius 2 is 1.20 bits per heavy atom. The summed E-state index contributed by atoms with van der Waals surface area (Å²) >= 11 is 0. The molecular weight excluding hydrogens is 682 g/mol. The smallest absolute Gasteiger partial charge is 0.330 e. The van der Waals surface area contributed by atoms with Crippen LogP contribution in [-0.2, 0) is 19.0 Å². The van der Waals surface area contributed by atoms with E-state index in [0.717, 1.165) is 138 Å². The topological polar surface area (TPSA) is 100 Å². The Bertz CT molecular complexity index is 1490. The maximum Gasteiger partial charge on any atom is 0.330 e. The zero-order valence-electron chi connectivity index (χ0n) is 32.6. The molecule has 0 aromatic heterocycles. The van der Waals surface area contributed by atoms with Gasteiger partial charge in [0.2, 0.25) is 0 Å². The fraction of sp³-hybridized carbons (Fsp3) is 0.523. The molecule has 1 heterocycles. The molecule has 0 saturated carbocycles. The highest BCUT2D eigenvalue weighted by Crippen LogP contribution is 2.31. The van der Waals surface area contributed by atoms with E-state index in [4.69, 9.17) is 28.4 Å². The predicted octanol–water partition coefficient (Wildman–Crippen LogP) is 10.4. The van der Waals surface area contributed by atoms with Gasteiger partial charge in [-0.2, -0.15) is 10.2 Å². The van der Waals surface area contributed by atoms with Crippen molar-refractivity contribution in [2.75, 3.05) is 70.8 Å². The Morgan fingerprint density at radius 1 is 0.685 bits per heavy atom. The molecule has 4 rings (SSSR count). The predicted molar refractivity (Wildman–Crippen MR) is 215 cm³/mol. The maximum atomic E-state index is 11.3. The number of benzene rings is 3.